The van der Waals surface area contributed by atoms with E-state index in [1.807, 2.05) is 18.2 Å². The first-order valence-corrected chi connectivity index (χ1v) is 11.1. The van der Waals surface area contributed by atoms with E-state index in [0.29, 0.717) is 5.69 Å². The highest BCUT2D eigenvalue weighted by atomic mass is 35.5. The van der Waals surface area contributed by atoms with E-state index < -0.39 is 15.9 Å². The number of fused-ring (bicyclic) bond motifs is 1. The summed E-state index contributed by atoms with van der Waals surface area (Å²) in [7, 11) is -3.72. The van der Waals surface area contributed by atoms with Crippen LogP contribution in [0.1, 0.15) is 17.9 Å². The minimum atomic E-state index is -3.72. The van der Waals surface area contributed by atoms with Crippen LogP contribution in [-0.2, 0) is 19.6 Å². The van der Waals surface area contributed by atoms with Crippen molar-refractivity contribution in [3.05, 3.63) is 59.1 Å². The van der Waals surface area contributed by atoms with Crippen molar-refractivity contribution in [1.82, 2.24) is 9.21 Å². The molecule has 4 rings (SSSR count). The zero-order chi connectivity index (χ0) is 20.6. The molecule has 1 fully saturated rings. The van der Waals surface area contributed by atoms with Gasteiger partial charge in [0.1, 0.15) is 4.90 Å². The Hall–Kier alpha value is -2.42. The quantitative estimate of drug-likeness (QED) is 0.804. The van der Waals surface area contributed by atoms with Crippen LogP contribution in [0.3, 0.4) is 0 Å². The van der Waals surface area contributed by atoms with Gasteiger partial charge in [-0.25, -0.2) is 8.42 Å². The monoisotopic (exact) mass is 433 g/mol. The minimum Gasteiger partial charge on any atom is -0.340 e. The largest absolute Gasteiger partial charge is 0.340 e. The number of hydrogen-bond acceptors (Lipinski definition) is 4. The lowest BCUT2D eigenvalue weighted by Crippen LogP contribution is -2.52. The van der Waals surface area contributed by atoms with Gasteiger partial charge in [-0.15, -0.1) is 0 Å². The van der Waals surface area contributed by atoms with Crippen molar-refractivity contribution >= 4 is 39.1 Å². The number of benzene rings is 2. The van der Waals surface area contributed by atoms with Crippen LogP contribution in [0.5, 0.6) is 0 Å². The van der Waals surface area contributed by atoms with Crippen molar-refractivity contribution in [1.29, 1.82) is 0 Å². The smallest absolute Gasteiger partial charge is 0.244 e. The Morgan fingerprint density at radius 3 is 2.38 bits per heavy atom. The zero-order valence-electron chi connectivity index (χ0n) is 15.5. The molecule has 2 amide bonds. The summed E-state index contributed by atoms with van der Waals surface area (Å²) in [5, 5.41) is 2.97. The van der Waals surface area contributed by atoms with Crippen LogP contribution in [0.4, 0.5) is 5.69 Å². The van der Waals surface area contributed by atoms with Gasteiger partial charge in [0, 0.05) is 38.3 Å². The first-order chi connectivity index (χ1) is 13.9. The zero-order valence-corrected chi connectivity index (χ0v) is 17.1. The van der Waals surface area contributed by atoms with Gasteiger partial charge in [-0.05, 0) is 23.8 Å². The van der Waals surface area contributed by atoms with E-state index in [1.54, 1.807) is 29.2 Å². The molecular weight excluding hydrogens is 414 g/mol. The molecule has 2 aromatic rings. The maximum Gasteiger partial charge on any atom is 0.244 e. The first-order valence-electron chi connectivity index (χ1n) is 9.30. The fraction of sp³-hybridized carbons (Fsp3) is 0.300. The molecule has 1 unspecified atom stereocenters. The van der Waals surface area contributed by atoms with Crippen LogP contribution in [-0.4, -0.2) is 55.6 Å². The van der Waals surface area contributed by atoms with Gasteiger partial charge >= 0.3 is 0 Å². The average Bonchev–Trinajstić information content (AvgIpc) is 2.73. The molecule has 29 heavy (non-hydrogen) atoms. The van der Waals surface area contributed by atoms with E-state index in [-0.39, 0.29) is 54.3 Å². The molecule has 7 nitrogen and oxygen atoms in total. The number of para-hydroxylation sites is 1. The van der Waals surface area contributed by atoms with Crippen LogP contribution in [0.25, 0.3) is 0 Å². The Morgan fingerprint density at radius 2 is 1.66 bits per heavy atom. The molecule has 2 aromatic carbocycles. The van der Waals surface area contributed by atoms with Gasteiger partial charge in [0.15, 0.2) is 0 Å². The fourth-order valence-electron chi connectivity index (χ4n) is 3.79. The van der Waals surface area contributed by atoms with E-state index >= 15 is 0 Å². The third-order valence-corrected chi connectivity index (χ3v) is 7.70. The topological polar surface area (TPSA) is 86.8 Å². The van der Waals surface area contributed by atoms with Gasteiger partial charge in [-0.1, -0.05) is 41.9 Å². The number of rotatable bonds is 3. The molecule has 1 N–H and O–H groups in total. The number of sulfonamides is 1. The average molecular weight is 434 g/mol. The SMILES string of the molecule is O=C1CC(C(=O)N2CCN(S(=O)(=O)c3ccccc3Cl)CC2)c2ccccc2N1. The number of piperazine rings is 1. The van der Waals surface area contributed by atoms with Crippen molar-refractivity contribution in [3.8, 4) is 0 Å². The molecule has 2 aliphatic rings. The first kappa shape index (κ1) is 19.9. The Bertz CT molecular complexity index is 1060. The third kappa shape index (κ3) is 3.75. The van der Waals surface area contributed by atoms with E-state index in [9.17, 15) is 18.0 Å². The Balaban J connectivity index is 1.48. The molecule has 0 radical (unpaired) electrons. The number of hydrogen-bond donors (Lipinski definition) is 1. The van der Waals surface area contributed by atoms with Gasteiger partial charge in [0.25, 0.3) is 0 Å². The van der Waals surface area contributed by atoms with Crippen LogP contribution < -0.4 is 5.32 Å². The van der Waals surface area contributed by atoms with E-state index in [0.717, 1.165) is 5.56 Å². The molecule has 1 atom stereocenters. The number of halogens is 1. The van der Waals surface area contributed by atoms with Crippen LogP contribution in [0.2, 0.25) is 5.02 Å². The van der Waals surface area contributed by atoms with Crippen molar-refractivity contribution in [2.45, 2.75) is 17.2 Å². The number of nitrogens with zero attached hydrogens (tertiary/aromatic N) is 2. The van der Waals surface area contributed by atoms with Crippen molar-refractivity contribution in [2.75, 3.05) is 31.5 Å². The maximum atomic E-state index is 13.1. The second-order valence-electron chi connectivity index (χ2n) is 7.05. The summed E-state index contributed by atoms with van der Waals surface area (Å²) in [5.74, 6) is -0.893. The summed E-state index contributed by atoms with van der Waals surface area (Å²) in [6.45, 7) is 0.894. The normalized spacial score (nSPS) is 20.1. The maximum absolute atomic E-state index is 13.1. The van der Waals surface area contributed by atoms with Gasteiger partial charge in [0.05, 0.1) is 10.9 Å². The van der Waals surface area contributed by atoms with E-state index in [4.69, 9.17) is 11.6 Å². The molecule has 0 aromatic heterocycles. The fourth-order valence-corrected chi connectivity index (χ4v) is 5.71. The summed E-state index contributed by atoms with van der Waals surface area (Å²) in [4.78, 5) is 26.8. The summed E-state index contributed by atoms with van der Waals surface area (Å²) in [6, 6.07) is 13.6. The summed E-state index contributed by atoms with van der Waals surface area (Å²) < 4.78 is 27.1. The Labute approximate surface area is 174 Å². The predicted octanol–water partition coefficient (Wildman–Crippen LogP) is 2.30. The van der Waals surface area contributed by atoms with Gasteiger partial charge in [-0.3, -0.25) is 9.59 Å². The molecular formula is C20H20ClN3O4S. The summed E-state index contributed by atoms with van der Waals surface area (Å²) in [5.41, 5.74) is 1.45. The second kappa shape index (κ2) is 7.78. The highest BCUT2D eigenvalue weighted by Crippen LogP contribution is 2.34. The van der Waals surface area contributed by atoms with E-state index in [2.05, 4.69) is 5.32 Å². The molecule has 2 heterocycles. The molecule has 0 spiro atoms. The highest BCUT2D eigenvalue weighted by Gasteiger charge is 2.36. The highest BCUT2D eigenvalue weighted by molar-refractivity contribution is 7.89. The van der Waals surface area contributed by atoms with Crippen LogP contribution in [0, 0.1) is 0 Å². The van der Waals surface area contributed by atoms with Crippen LogP contribution >= 0.6 is 11.6 Å². The van der Waals surface area contributed by atoms with Crippen molar-refractivity contribution < 1.29 is 18.0 Å². The lowest BCUT2D eigenvalue weighted by atomic mass is 9.89. The third-order valence-electron chi connectivity index (χ3n) is 5.30. The molecule has 9 heteroatoms. The van der Waals surface area contributed by atoms with Gasteiger partial charge in [0.2, 0.25) is 21.8 Å². The number of anilines is 1. The van der Waals surface area contributed by atoms with Crippen molar-refractivity contribution in [3.63, 3.8) is 0 Å². The molecule has 1 saturated heterocycles. The number of carbonyl (C=O) groups is 2. The van der Waals surface area contributed by atoms with Gasteiger partial charge in [-0.2, -0.15) is 4.31 Å². The minimum absolute atomic E-state index is 0.0688. The standard InChI is InChI=1S/C20H20ClN3O4S/c21-16-6-2-4-8-18(16)29(27,28)24-11-9-23(10-12-24)20(26)15-13-19(25)22-17-7-3-1-5-14(15)17/h1-8,15H,9-13H2,(H,22,25). The Kier molecular flexibility index (Phi) is 5.33. The lowest BCUT2D eigenvalue weighted by molar-refractivity contribution is -0.136. The molecule has 152 valence electrons. The Morgan fingerprint density at radius 1 is 1.00 bits per heavy atom. The summed E-state index contributed by atoms with van der Waals surface area (Å²) >= 11 is 6.06. The lowest BCUT2D eigenvalue weighted by Gasteiger charge is -2.37. The second-order valence-corrected chi connectivity index (χ2v) is 9.37. The molecule has 0 bridgehead atoms. The van der Waals surface area contributed by atoms with Crippen LogP contribution in [0.15, 0.2) is 53.4 Å². The molecule has 2 aliphatic heterocycles. The number of amides is 2. The van der Waals surface area contributed by atoms with E-state index in [1.165, 1.54) is 10.4 Å². The van der Waals surface area contributed by atoms with Gasteiger partial charge < -0.3 is 10.2 Å². The summed E-state index contributed by atoms with van der Waals surface area (Å²) in [6.07, 6.45) is 0.0913. The predicted molar refractivity (Wildman–Crippen MR) is 109 cm³/mol. The molecule has 0 saturated carbocycles. The van der Waals surface area contributed by atoms with Crippen molar-refractivity contribution in [2.24, 2.45) is 0 Å². The number of nitrogens with one attached hydrogen (secondary N) is 1. The molecule has 0 aliphatic carbocycles. The number of carbonyl (C=O) groups excluding carboxylic acids is 2.